The minimum atomic E-state index is 0.521. The van der Waals surface area contributed by atoms with Crippen LogP contribution in [0, 0.1) is 0 Å². The number of rotatable bonds is 1. The van der Waals surface area contributed by atoms with Gasteiger partial charge in [0.1, 0.15) is 7.85 Å². The van der Waals surface area contributed by atoms with E-state index in [9.17, 15) is 0 Å². The molecule has 1 rings (SSSR count). The lowest BCUT2D eigenvalue weighted by molar-refractivity contribution is 1.08. The monoisotopic (exact) mass is 117 g/mol. The molecule has 1 aromatic carbocycles. The summed E-state index contributed by atoms with van der Waals surface area (Å²) in [6.07, 6.45) is 0. The fourth-order valence-corrected chi connectivity index (χ4v) is 0.720. The Morgan fingerprint density at radius 2 is 2.00 bits per heavy atom. The maximum atomic E-state index is 5.55. The largest absolute Gasteiger partial charge is 0.327 e. The minimum Gasteiger partial charge on any atom is -0.327 e. The number of hydrogen-bond acceptors (Lipinski definition) is 1. The molecular weight excluding hydrogens is 109 g/mol. The molecular formula is C7H8BN. The van der Waals surface area contributed by atoms with E-state index < -0.39 is 0 Å². The van der Waals surface area contributed by atoms with Gasteiger partial charge in [-0.05, 0) is 5.56 Å². The average Bonchev–Trinajstić information content (AvgIpc) is 1.89. The van der Waals surface area contributed by atoms with E-state index >= 15 is 0 Å². The first-order chi connectivity index (χ1) is 4.34. The van der Waals surface area contributed by atoms with E-state index in [1.54, 1.807) is 0 Å². The van der Waals surface area contributed by atoms with E-state index in [-0.39, 0.29) is 0 Å². The zero-order valence-electron chi connectivity index (χ0n) is 5.17. The molecule has 2 radical (unpaired) electrons. The van der Waals surface area contributed by atoms with Crippen LogP contribution in [0.4, 0.5) is 0 Å². The van der Waals surface area contributed by atoms with Crippen LogP contribution in [-0.2, 0) is 6.54 Å². The molecule has 0 heterocycles. The molecule has 0 unspecified atom stereocenters. The summed E-state index contributed by atoms with van der Waals surface area (Å²) >= 11 is 0. The zero-order valence-corrected chi connectivity index (χ0v) is 5.17. The van der Waals surface area contributed by atoms with Crippen molar-refractivity contribution in [2.75, 3.05) is 0 Å². The van der Waals surface area contributed by atoms with Gasteiger partial charge in [0.25, 0.3) is 0 Å². The minimum absolute atomic E-state index is 0.521. The highest BCUT2D eigenvalue weighted by Gasteiger charge is 1.89. The van der Waals surface area contributed by atoms with Gasteiger partial charge in [-0.2, -0.15) is 0 Å². The van der Waals surface area contributed by atoms with E-state index in [0.29, 0.717) is 6.54 Å². The summed E-state index contributed by atoms with van der Waals surface area (Å²) in [4.78, 5) is 0. The van der Waals surface area contributed by atoms with Crippen molar-refractivity contribution in [3.63, 3.8) is 0 Å². The predicted molar refractivity (Wildman–Crippen MR) is 39.7 cm³/mol. The molecule has 0 bridgehead atoms. The lowest BCUT2D eigenvalue weighted by Gasteiger charge is -1.99. The summed E-state index contributed by atoms with van der Waals surface area (Å²) in [6.45, 7) is 0.521. The Labute approximate surface area is 56.3 Å². The van der Waals surface area contributed by atoms with Crippen LogP contribution in [0.5, 0.6) is 0 Å². The Hall–Kier alpha value is -0.755. The van der Waals surface area contributed by atoms with Gasteiger partial charge in [-0.3, -0.25) is 0 Å². The van der Waals surface area contributed by atoms with Gasteiger partial charge in [-0.1, -0.05) is 29.7 Å². The maximum Gasteiger partial charge on any atom is 0.114 e. The zero-order chi connectivity index (χ0) is 6.69. The molecule has 2 heteroatoms. The van der Waals surface area contributed by atoms with Crippen molar-refractivity contribution in [1.82, 2.24) is 0 Å². The summed E-state index contributed by atoms with van der Waals surface area (Å²) in [5.74, 6) is 0. The van der Waals surface area contributed by atoms with E-state index in [4.69, 9.17) is 13.6 Å². The first-order valence-electron chi connectivity index (χ1n) is 2.88. The average molecular weight is 117 g/mol. The van der Waals surface area contributed by atoms with Gasteiger partial charge in [0.15, 0.2) is 0 Å². The quantitative estimate of drug-likeness (QED) is 0.512. The third-order valence-corrected chi connectivity index (χ3v) is 1.28. The van der Waals surface area contributed by atoms with Gasteiger partial charge in [0.05, 0.1) is 0 Å². The topological polar surface area (TPSA) is 26.0 Å². The van der Waals surface area contributed by atoms with Crippen LogP contribution in [0.3, 0.4) is 0 Å². The molecule has 0 fully saturated rings. The van der Waals surface area contributed by atoms with Gasteiger partial charge in [0, 0.05) is 6.54 Å². The van der Waals surface area contributed by atoms with Crippen LogP contribution in [0.25, 0.3) is 0 Å². The second-order valence-corrected chi connectivity index (χ2v) is 1.90. The second-order valence-electron chi connectivity index (χ2n) is 1.90. The van der Waals surface area contributed by atoms with Crippen molar-refractivity contribution < 1.29 is 0 Å². The predicted octanol–water partition coefficient (Wildman–Crippen LogP) is -0.0609. The number of nitrogens with two attached hydrogens (primary N) is 1. The smallest absolute Gasteiger partial charge is 0.114 e. The van der Waals surface area contributed by atoms with Crippen molar-refractivity contribution >= 4 is 13.3 Å². The molecule has 9 heavy (non-hydrogen) atoms. The highest BCUT2D eigenvalue weighted by molar-refractivity contribution is 6.33. The molecule has 0 aromatic heterocycles. The summed E-state index contributed by atoms with van der Waals surface area (Å²) in [6, 6.07) is 7.60. The highest BCUT2D eigenvalue weighted by Crippen LogP contribution is 1.90. The molecule has 0 atom stereocenters. The van der Waals surface area contributed by atoms with Gasteiger partial charge in [0.2, 0.25) is 0 Å². The second kappa shape index (κ2) is 2.69. The Kier molecular flexibility index (Phi) is 1.90. The summed E-state index contributed by atoms with van der Waals surface area (Å²) in [5.41, 5.74) is 7.16. The Morgan fingerprint density at radius 1 is 1.33 bits per heavy atom. The van der Waals surface area contributed by atoms with E-state index in [1.807, 2.05) is 24.3 Å². The Morgan fingerprint density at radius 3 is 2.44 bits per heavy atom. The van der Waals surface area contributed by atoms with Crippen LogP contribution in [0.1, 0.15) is 5.56 Å². The molecule has 0 amide bonds. The Bertz CT molecular complexity index is 198. The molecule has 0 spiro atoms. The molecule has 44 valence electrons. The standard InChI is InChI=1S/C7H8BN/c8-7-4-2-1-3-6(7)5-9/h1-4H,5,9H2. The van der Waals surface area contributed by atoms with E-state index in [2.05, 4.69) is 0 Å². The normalized spacial score (nSPS) is 9.44. The lowest BCUT2D eigenvalue weighted by atomic mass is 9.91. The van der Waals surface area contributed by atoms with Crippen LogP contribution >= 0.6 is 0 Å². The van der Waals surface area contributed by atoms with E-state index in [1.165, 1.54) is 0 Å². The van der Waals surface area contributed by atoms with Gasteiger partial charge >= 0.3 is 0 Å². The molecule has 0 aliphatic heterocycles. The summed E-state index contributed by atoms with van der Waals surface area (Å²) < 4.78 is 0. The molecule has 0 aliphatic rings. The van der Waals surface area contributed by atoms with E-state index in [0.717, 1.165) is 11.0 Å². The van der Waals surface area contributed by atoms with Crippen molar-refractivity contribution in [3.8, 4) is 0 Å². The van der Waals surface area contributed by atoms with Crippen molar-refractivity contribution in [2.45, 2.75) is 6.54 Å². The molecule has 0 saturated carbocycles. The number of hydrogen-bond donors (Lipinski definition) is 1. The van der Waals surface area contributed by atoms with Crippen LogP contribution in [0.2, 0.25) is 0 Å². The molecule has 2 N–H and O–H groups in total. The van der Waals surface area contributed by atoms with Gasteiger partial charge < -0.3 is 5.73 Å². The van der Waals surface area contributed by atoms with Gasteiger partial charge in [-0.25, -0.2) is 0 Å². The first-order valence-corrected chi connectivity index (χ1v) is 2.88. The van der Waals surface area contributed by atoms with Gasteiger partial charge in [-0.15, -0.1) is 0 Å². The number of benzene rings is 1. The molecule has 1 aromatic rings. The third kappa shape index (κ3) is 1.33. The van der Waals surface area contributed by atoms with Crippen molar-refractivity contribution in [1.29, 1.82) is 0 Å². The van der Waals surface area contributed by atoms with Crippen molar-refractivity contribution in [2.24, 2.45) is 5.73 Å². The van der Waals surface area contributed by atoms with Crippen LogP contribution < -0.4 is 11.2 Å². The molecule has 0 aliphatic carbocycles. The fourth-order valence-electron chi connectivity index (χ4n) is 0.720. The summed E-state index contributed by atoms with van der Waals surface area (Å²) in [7, 11) is 5.55. The Balaban J connectivity index is 3.01. The lowest BCUT2D eigenvalue weighted by Crippen LogP contribution is -2.12. The van der Waals surface area contributed by atoms with Crippen LogP contribution in [0.15, 0.2) is 24.3 Å². The summed E-state index contributed by atoms with van der Waals surface area (Å²) in [5, 5.41) is 0. The highest BCUT2D eigenvalue weighted by atomic mass is 14.5. The fraction of sp³-hybridized carbons (Fsp3) is 0.143. The van der Waals surface area contributed by atoms with Crippen LogP contribution in [-0.4, -0.2) is 7.85 Å². The first kappa shape index (κ1) is 6.37. The SMILES string of the molecule is [B]c1ccccc1CN. The molecule has 1 nitrogen and oxygen atoms in total. The molecule has 0 saturated heterocycles. The maximum absolute atomic E-state index is 5.55. The third-order valence-electron chi connectivity index (χ3n) is 1.28. The van der Waals surface area contributed by atoms with Crippen molar-refractivity contribution in [3.05, 3.63) is 29.8 Å².